The molecule has 118 valence electrons. The fourth-order valence-electron chi connectivity index (χ4n) is 2.11. The van der Waals surface area contributed by atoms with Crippen LogP contribution in [0.3, 0.4) is 0 Å². The summed E-state index contributed by atoms with van der Waals surface area (Å²) in [5, 5.41) is 8.74. The Kier molecular flexibility index (Phi) is 6.44. The minimum Gasteiger partial charge on any atom is -0.491 e. The van der Waals surface area contributed by atoms with E-state index in [2.05, 4.69) is 15.9 Å². The molecule has 2 rings (SSSR count). The van der Waals surface area contributed by atoms with Gasteiger partial charge in [0.25, 0.3) is 0 Å². The van der Waals surface area contributed by atoms with Gasteiger partial charge in [0, 0.05) is 4.47 Å². The van der Waals surface area contributed by atoms with Crippen molar-refractivity contribution < 1.29 is 24.1 Å². The summed E-state index contributed by atoms with van der Waals surface area (Å²) in [6.45, 7) is 4.06. The van der Waals surface area contributed by atoms with Crippen LogP contribution in [0.5, 0.6) is 5.75 Å². The molecule has 1 fully saturated rings. The molecule has 0 aliphatic carbocycles. The van der Waals surface area contributed by atoms with Crippen LogP contribution in [0.4, 0.5) is 0 Å². The molecule has 0 spiro atoms. The molecule has 6 heteroatoms. The van der Waals surface area contributed by atoms with Crippen molar-refractivity contribution in [2.45, 2.75) is 18.6 Å². The Balaban J connectivity index is 1.79. The minimum atomic E-state index is -0.499. The Morgan fingerprint density at radius 3 is 2.86 bits per heavy atom. The van der Waals surface area contributed by atoms with Crippen molar-refractivity contribution in [1.29, 1.82) is 0 Å². The molecule has 0 unspecified atom stereocenters. The van der Waals surface area contributed by atoms with Crippen LogP contribution in [-0.2, 0) is 14.2 Å². The summed E-state index contributed by atoms with van der Waals surface area (Å²) in [5.41, 5.74) is -0.499. The average molecular weight is 361 g/mol. The van der Waals surface area contributed by atoms with Crippen LogP contribution in [0, 0.1) is 0 Å². The van der Waals surface area contributed by atoms with Gasteiger partial charge in [0.1, 0.15) is 24.1 Å². The SMILES string of the molecule is C[C@]1(COCCO)COC[C@@H](COc2ccc(Br)cc2)O1. The van der Waals surface area contributed by atoms with Gasteiger partial charge in [-0.15, -0.1) is 0 Å². The third-order valence-electron chi connectivity index (χ3n) is 3.05. The quantitative estimate of drug-likeness (QED) is 0.753. The summed E-state index contributed by atoms with van der Waals surface area (Å²) in [5.74, 6) is 0.797. The summed E-state index contributed by atoms with van der Waals surface area (Å²) < 4.78 is 23.7. The molecule has 5 nitrogen and oxygen atoms in total. The van der Waals surface area contributed by atoms with E-state index in [9.17, 15) is 0 Å². The number of hydrogen-bond donors (Lipinski definition) is 1. The largest absolute Gasteiger partial charge is 0.491 e. The van der Waals surface area contributed by atoms with Crippen LogP contribution >= 0.6 is 15.9 Å². The van der Waals surface area contributed by atoms with E-state index < -0.39 is 5.60 Å². The van der Waals surface area contributed by atoms with E-state index in [0.717, 1.165) is 10.2 Å². The lowest BCUT2D eigenvalue weighted by molar-refractivity contribution is -0.217. The molecule has 1 heterocycles. The molecule has 1 aromatic carbocycles. The lowest BCUT2D eigenvalue weighted by atomic mass is 10.1. The second-order valence-electron chi connectivity index (χ2n) is 5.25. The van der Waals surface area contributed by atoms with Crippen LogP contribution in [-0.4, -0.2) is 56.5 Å². The standard InChI is InChI=1S/C15H21BrO5/c1-15(10-18-7-6-17)11-19-8-14(21-15)9-20-13-4-2-12(16)3-5-13/h2-5,14,17H,6-11H2,1H3/t14-,15-/m0/s1. The highest BCUT2D eigenvalue weighted by atomic mass is 79.9. The first-order valence-corrected chi connectivity index (χ1v) is 7.73. The Morgan fingerprint density at radius 1 is 1.38 bits per heavy atom. The van der Waals surface area contributed by atoms with E-state index >= 15 is 0 Å². The Hall–Kier alpha value is -0.660. The molecular weight excluding hydrogens is 340 g/mol. The van der Waals surface area contributed by atoms with Crippen molar-refractivity contribution in [2.24, 2.45) is 0 Å². The predicted octanol–water partition coefficient (Wildman–Crippen LogP) is 2.01. The van der Waals surface area contributed by atoms with Crippen molar-refractivity contribution in [2.75, 3.05) is 39.6 Å². The zero-order chi connectivity index (χ0) is 15.1. The third-order valence-corrected chi connectivity index (χ3v) is 3.58. The first-order valence-electron chi connectivity index (χ1n) is 6.94. The fourth-order valence-corrected chi connectivity index (χ4v) is 2.37. The van der Waals surface area contributed by atoms with Crippen molar-refractivity contribution >= 4 is 15.9 Å². The highest BCUT2D eigenvalue weighted by Crippen LogP contribution is 2.22. The second kappa shape index (κ2) is 8.10. The molecular formula is C15H21BrO5. The van der Waals surface area contributed by atoms with Crippen LogP contribution in [0.1, 0.15) is 6.92 Å². The van der Waals surface area contributed by atoms with Crippen molar-refractivity contribution in [3.8, 4) is 5.75 Å². The summed E-state index contributed by atoms with van der Waals surface area (Å²) in [6, 6.07) is 7.66. The predicted molar refractivity (Wildman–Crippen MR) is 81.6 cm³/mol. The number of rotatable bonds is 7. The maximum atomic E-state index is 8.74. The number of ether oxygens (including phenoxy) is 4. The first kappa shape index (κ1) is 16.7. The number of halogens is 1. The summed E-state index contributed by atoms with van der Waals surface area (Å²) in [6.07, 6.45) is -0.134. The van der Waals surface area contributed by atoms with Gasteiger partial charge in [0.2, 0.25) is 0 Å². The van der Waals surface area contributed by atoms with E-state index in [1.165, 1.54) is 0 Å². The van der Waals surface area contributed by atoms with Crippen molar-refractivity contribution in [3.05, 3.63) is 28.7 Å². The average Bonchev–Trinajstić information content (AvgIpc) is 2.47. The van der Waals surface area contributed by atoms with Crippen LogP contribution in [0.15, 0.2) is 28.7 Å². The molecule has 1 aromatic rings. The molecule has 0 saturated carbocycles. The second-order valence-corrected chi connectivity index (χ2v) is 6.16. The fraction of sp³-hybridized carbons (Fsp3) is 0.600. The van der Waals surface area contributed by atoms with Gasteiger partial charge in [-0.3, -0.25) is 0 Å². The third kappa shape index (κ3) is 5.56. The Bertz CT molecular complexity index is 425. The molecule has 1 N–H and O–H groups in total. The van der Waals surface area contributed by atoms with Gasteiger partial charge >= 0.3 is 0 Å². The number of aliphatic hydroxyl groups is 1. The van der Waals surface area contributed by atoms with Gasteiger partial charge < -0.3 is 24.1 Å². The molecule has 1 saturated heterocycles. The maximum Gasteiger partial charge on any atom is 0.119 e. The number of aliphatic hydroxyl groups excluding tert-OH is 1. The highest BCUT2D eigenvalue weighted by Gasteiger charge is 2.34. The zero-order valence-corrected chi connectivity index (χ0v) is 13.7. The van der Waals surface area contributed by atoms with Gasteiger partial charge in [0.15, 0.2) is 0 Å². The van der Waals surface area contributed by atoms with Gasteiger partial charge in [0.05, 0.1) is 33.0 Å². The minimum absolute atomic E-state index is 0.00699. The highest BCUT2D eigenvalue weighted by molar-refractivity contribution is 9.10. The van der Waals surface area contributed by atoms with Gasteiger partial charge in [-0.05, 0) is 31.2 Å². The van der Waals surface area contributed by atoms with E-state index in [0.29, 0.717) is 33.0 Å². The Labute approximate surface area is 133 Å². The molecule has 0 aromatic heterocycles. The molecule has 0 radical (unpaired) electrons. The van der Waals surface area contributed by atoms with Gasteiger partial charge in [-0.25, -0.2) is 0 Å². The zero-order valence-electron chi connectivity index (χ0n) is 12.1. The normalized spacial score (nSPS) is 25.8. The summed E-state index contributed by atoms with van der Waals surface area (Å²) >= 11 is 3.39. The maximum absolute atomic E-state index is 8.74. The molecule has 2 atom stereocenters. The van der Waals surface area contributed by atoms with Crippen molar-refractivity contribution in [1.82, 2.24) is 0 Å². The first-order chi connectivity index (χ1) is 10.1. The Morgan fingerprint density at radius 2 is 2.14 bits per heavy atom. The molecule has 1 aliphatic heterocycles. The summed E-state index contributed by atoms with van der Waals surface area (Å²) in [7, 11) is 0. The van der Waals surface area contributed by atoms with Crippen LogP contribution in [0.25, 0.3) is 0 Å². The van der Waals surface area contributed by atoms with Crippen molar-refractivity contribution in [3.63, 3.8) is 0 Å². The summed E-state index contributed by atoms with van der Waals surface area (Å²) in [4.78, 5) is 0. The van der Waals surface area contributed by atoms with Gasteiger partial charge in [-0.1, -0.05) is 15.9 Å². The lowest BCUT2D eigenvalue weighted by Gasteiger charge is -2.38. The van der Waals surface area contributed by atoms with Crippen LogP contribution in [0.2, 0.25) is 0 Å². The van der Waals surface area contributed by atoms with Gasteiger partial charge in [-0.2, -0.15) is 0 Å². The van der Waals surface area contributed by atoms with E-state index in [1.807, 2.05) is 31.2 Å². The van der Waals surface area contributed by atoms with E-state index in [4.69, 9.17) is 24.1 Å². The number of benzene rings is 1. The topological polar surface area (TPSA) is 57.2 Å². The number of hydrogen-bond acceptors (Lipinski definition) is 5. The van der Waals surface area contributed by atoms with E-state index in [-0.39, 0.29) is 12.7 Å². The smallest absolute Gasteiger partial charge is 0.119 e. The lowest BCUT2D eigenvalue weighted by Crippen LogP contribution is -2.50. The van der Waals surface area contributed by atoms with E-state index in [1.54, 1.807) is 0 Å². The molecule has 0 bridgehead atoms. The molecule has 21 heavy (non-hydrogen) atoms. The molecule has 1 aliphatic rings. The molecule has 0 amide bonds. The van der Waals surface area contributed by atoms with Crippen LogP contribution < -0.4 is 4.74 Å². The monoisotopic (exact) mass is 360 g/mol.